The molecule has 5 heteroatoms. The molecule has 0 saturated carbocycles. The third-order valence-electron chi connectivity index (χ3n) is 3.85. The number of anilines is 1. The standard InChI is InChI=1S/C13H18N4S/c1-8(2)13(14)5-17(6-13)11-10-4-9(3)18-12(10)16-7-15-11/h4,7-8H,5-6,14H2,1-3H3. The molecule has 0 spiro atoms. The fourth-order valence-electron chi connectivity index (χ4n) is 2.39. The van der Waals surface area contributed by atoms with E-state index in [0.29, 0.717) is 5.92 Å². The smallest absolute Gasteiger partial charge is 0.140 e. The molecule has 0 aromatic carbocycles. The number of hydrogen-bond acceptors (Lipinski definition) is 5. The molecule has 0 amide bonds. The predicted molar refractivity (Wildman–Crippen MR) is 76.1 cm³/mol. The van der Waals surface area contributed by atoms with Gasteiger partial charge in [-0.2, -0.15) is 0 Å². The van der Waals surface area contributed by atoms with Crippen LogP contribution >= 0.6 is 11.3 Å². The van der Waals surface area contributed by atoms with Gasteiger partial charge in [0, 0.05) is 18.0 Å². The number of aryl methyl sites for hydroxylation is 1. The molecule has 1 fully saturated rings. The highest BCUT2D eigenvalue weighted by Gasteiger charge is 2.43. The lowest BCUT2D eigenvalue weighted by molar-refractivity contribution is 0.244. The minimum atomic E-state index is -0.0671. The van der Waals surface area contributed by atoms with Crippen LogP contribution < -0.4 is 10.6 Å². The van der Waals surface area contributed by atoms with Gasteiger partial charge < -0.3 is 10.6 Å². The van der Waals surface area contributed by atoms with E-state index in [4.69, 9.17) is 5.73 Å². The second-order valence-electron chi connectivity index (χ2n) is 5.52. The second kappa shape index (κ2) is 3.90. The molecule has 1 aliphatic rings. The van der Waals surface area contributed by atoms with Crippen molar-refractivity contribution in [2.75, 3.05) is 18.0 Å². The minimum absolute atomic E-state index is 0.0671. The summed E-state index contributed by atoms with van der Waals surface area (Å²) >= 11 is 1.72. The van der Waals surface area contributed by atoms with Crippen LogP contribution in [0.5, 0.6) is 0 Å². The van der Waals surface area contributed by atoms with Crippen molar-refractivity contribution in [3.63, 3.8) is 0 Å². The molecular formula is C13H18N4S. The molecule has 2 aromatic rings. The van der Waals surface area contributed by atoms with E-state index in [-0.39, 0.29) is 5.54 Å². The van der Waals surface area contributed by atoms with Crippen LogP contribution in [0.3, 0.4) is 0 Å². The Morgan fingerprint density at radius 2 is 2.11 bits per heavy atom. The van der Waals surface area contributed by atoms with Crippen LogP contribution in [0, 0.1) is 12.8 Å². The summed E-state index contributed by atoms with van der Waals surface area (Å²) in [6.45, 7) is 8.23. The van der Waals surface area contributed by atoms with Gasteiger partial charge >= 0.3 is 0 Å². The Labute approximate surface area is 111 Å². The summed E-state index contributed by atoms with van der Waals surface area (Å²) in [5, 5.41) is 1.16. The van der Waals surface area contributed by atoms with Crippen LogP contribution in [0.15, 0.2) is 12.4 Å². The van der Waals surface area contributed by atoms with Crippen molar-refractivity contribution < 1.29 is 0 Å². The topological polar surface area (TPSA) is 55.0 Å². The molecule has 2 N–H and O–H groups in total. The second-order valence-corrected chi connectivity index (χ2v) is 6.75. The van der Waals surface area contributed by atoms with Gasteiger partial charge in [0.2, 0.25) is 0 Å². The van der Waals surface area contributed by atoms with Crippen LogP contribution in [-0.2, 0) is 0 Å². The molecule has 18 heavy (non-hydrogen) atoms. The van der Waals surface area contributed by atoms with Crippen molar-refractivity contribution >= 4 is 27.4 Å². The molecule has 3 heterocycles. The molecule has 0 unspecified atom stereocenters. The van der Waals surface area contributed by atoms with Crippen LogP contribution in [0.1, 0.15) is 18.7 Å². The van der Waals surface area contributed by atoms with Crippen LogP contribution in [0.4, 0.5) is 5.82 Å². The first-order valence-electron chi connectivity index (χ1n) is 6.24. The zero-order valence-corrected chi connectivity index (χ0v) is 11.8. The molecule has 0 bridgehead atoms. The zero-order chi connectivity index (χ0) is 12.9. The Bertz CT molecular complexity index is 584. The van der Waals surface area contributed by atoms with Crippen molar-refractivity contribution in [3.05, 3.63) is 17.3 Å². The summed E-state index contributed by atoms with van der Waals surface area (Å²) in [5.74, 6) is 1.53. The van der Waals surface area contributed by atoms with E-state index in [9.17, 15) is 0 Å². The molecular weight excluding hydrogens is 244 g/mol. The van der Waals surface area contributed by atoms with Crippen molar-refractivity contribution in [1.82, 2.24) is 9.97 Å². The number of nitrogens with zero attached hydrogens (tertiary/aromatic N) is 3. The van der Waals surface area contributed by atoms with E-state index in [0.717, 1.165) is 29.1 Å². The van der Waals surface area contributed by atoms with E-state index in [1.165, 1.54) is 4.88 Å². The van der Waals surface area contributed by atoms with Gasteiger partial charge in [-0.1, -0.05) is 13.8 Å². The summed E-state index contributed by atoms with van der Waals surface area (Å²) < 4.78 is 0. The van der Waals surface area contributed by atoms with Crippen LogP contribution in [-0.4, -0.2) is 28.6 Å². The Kier molecular flexibility index (Phi) is 2.57. The van der Waals surface area contributed by atoms with Gasteiger partial charge in [0.25, 0.3) is 0 Å². The summed E-state index contributed by atoms with van der Waals surface area (Å²) in [6, 6.07) is 2.17. The highest BCUT2D eigenvalue weighted by molar-refractivity contribution is 7.18. The first kappa shape index (κ1) is 11.9. The van der Waals surface area contributed by atoms with E-state index in [2.05, 4.69) is 41.7 Å². The number of aromatic nitrogens is 2. The van der Waals surface area contributed by atoms with E-state index < -0.39 is 0 Å². The number of rotatable bonds is 2. The zero-order valence-electron chi connectivity index (χ0n) is 11.0. The molecule has 1 aliphatic heterocycles. The average molecular weight is 262 g/mol. The lowest BCUT2D eigenvalue weighted by Gasteiger charge is -2.51. The average Bonchev–Trinajstić information content (AvgIpc) is 2.64. The third kappa shape index (κ3) is 1.69. The molecule has 3 rings (SSSR count). The van der Waals surface area contributed by atoms with Gasteiger partial charge in [0.1, 0.15) is 17.0 Å². The maximum absolute atomic E-state index is 6.34. The molecule has 96 valence electrons. The van der Waals surface area contributed by atoms with Crippen LogP contribution in [0.25, 0.3) is 10.2 Å². The molecule has 0 radical (unpaired) electrons. The van der Waals surface area contributed by atoms with Gasteiger partial charge in [0.15, 0.2) is 0 Å². The molecule has 1 saturated heterocycles. The third-order valence-corrected chi connectivity index (χ3v) is 4.81. The maximum Gasteiger partial charge on any atom is 0.140 e. The number of fused-ring (bicyclic) bond motifs is 1. The SMILES string of the molecule is Cc1cc2c(N3CC(N)(C(C)C)C3)ncnc2s1. The summed E-state index contributed by atoms with van der Waals surface area (Å²) in [6.07, 6.45) is 1.65. The van der Waals surface area contributed by atoms with Crippen molar-refractivity contribution in [3.8, 4) is 0 Å². The number of nitrogens with two attached hydrogens (primary N) is 1. The number of thiophene rings is 1. The van der Waals surface area contributed by atoms with E-state index in [1.807, 2.05) is 0 Å². The largest absolute Gasteiger partial charge is 0.352 e. The molecule has 4 nitrogen and oxygen atoms in total. The Morgan fingerprint density at radius 3 is 2.78 bits per heavy atom. The van der Waals surface area contributed by atoms with Gasteiger partial charge in [-0.05, 0) is 18.9 Å². The quantitative estimate of drug-likeness (QED) is 0.901. The Balaban J connectivity index is 1.93. The highest BCUT2D eigenvalue weighted by Crippen LogP contribution is 2.35. The highest BCUT2D eigenvalue weighted by atomic mass is 32.1. The lowest BCUT2D eigenvalue weighted by atomic mass is 9.80. The predicted octanol–water partition coefficient (Wildman–Crippen LogP) is 2.17. The van der Waals surface area contributed by atoms with Gasteiger partial charge in [-0.25, -0.2) is 9.97 Å². The maximum atomic E-state index is 6.34. The van der Waals surface area contributed by atoms with Gasteiger partial charge in [-0.15, -0.1) is 11.3 Å². The Hall–Kier alpha value is -1.20. The minimum Gasteiger partial charge on any atom is -0.352 e. The lowest BCUT2D eigenvalue weighted by Crippen LogP contribution is -2.70. The molecule has 2 aromatic heterocycles. The first-order chi connectivity index (χ1) is 8.49. The fraction of sp³-hybridized carbons (Fsp3) is 0.538. The summed E-state index contributed by atoms with van der Waals surface area (Å²) in [4.78, 5) is 13.4. The monoisotopic (exact) mass is 262 g/mol. The normalized spacial score (nSPS) is 18.4. The van der Waals surface area contributed by atoms with Crippen molar-refractivity contribution in [1.29, 1.82) is 0 Å². The molecule has 0 atom stereocenters. The van der Waals surface area contributed by atoms with Gasteiger partial charge in [0.05, 0.1) is 10.9 Å². The summed E-state index contributed by atoms with van der Waals surface area (Å²) in [7, 11) is 0. The van der Waals surface area contributed by atoms with E-state index >= 15 is 0 Å². The van der Waals surface area contributed by atoms with E-state index in [1.54, 1.807) is 17.7 Å². The number of hydrogen-bond donors (Lipinski definition) is 1. The fourth-order valence-corrected chi connectivity index (χ4v) is 3.24. The van der Waals surface area contributed by atoms with Crippen molar-refractivity contribution in [2.45, 2.75) is 26.3 Å². The van der Waals surface area contributed by atoms with Crippen LogP contribution in [0.2, 0.25) is 0 Å². The van der Waals surface area contributed by atoms with Crippen molar-refractivity contribution in [2.24, 2.45) is 11.7 Å². The summed E-state index contributed by atoms with van der Waals surface area (Å²) in [5.41, 5.74) is 6.27. The Morgan fingerprint density at radius 1 is 1.39 bits per heavy atom. The molecule has 0 aliphatic carbocycles. The van der Waals surface area contributed by atoms with Gasteiger partial charge in [-0.3, -0.25) is 0 Å². The first-order valence-corrected chi connectivity index (χ1v) is 7.06.